The molecule has 0 aliphatic heterocycles. The van der Waals surface area contributed by atoms with Crippen LogP contribution in [-0.4, -0.2) is 25.3 Å². The molecule has 0 fully saturated rings. The lowest BCUT2D eigenvalue weighted by atomic mass is 9.91. The maximum absolute atomic E-state index is 12.7. The topological polar surface area (TPSA) is 21.3 Å². The third-order valence-corrected chi connectivity index (χ3v) is 3.51. The zero-order valence-corrected chi connectivity index (χ0v) is 12.3. The highest BCUT2D eigenvalue weighted by molar-refractivity contribution is 5.26. The Morgan fingerprint density at radius 3 is 2.40 bits per heavy atom. The predicted octanol–water partition coefficient (Wildman–Crippen LogP) is 3.65. The standard InChI is InChI=1S/C15H22F3NO/c1-5-19-13(14(2,3)20-4)10-11-7-6-8-12(9-11)15(16,17)18/h6-9,13,19H,5,10H2,1-4H3. The Morgan fingerprint density at radius 2 is 1.90 bits per heavy atom. The summed E-state index contributed by atoms with van der Waals surface area (Å²) in [6.07, 6.45) is -3.82. The van der Waals surface area contributed by atoms with Crippen molar-refractivity contribution < 1.29 is 17.9 Å². The molecule has 0 amide bonds. The van der Waals surface area contributed by atoms with Crippen LogP contribution < -0.4 is 5.32 Å². The number of halogens is 3. The predicted molar refractivity (Wildman–Crippen MR) is 73.7 cm³/mol. The van der Waals surface area contributed by atoms with Gasteiger partial charge in [0.2, 0.25) is 0 Å². The SMILES string of the molecule is CCNC(Cc1cccc(C(F)(F)F)c1)C(C)(C)OC. The zero-order chi connectivity index (χ0) is 15.4. The monoisotopic (exact) mass is 289 g/mol. The van der Waals surface area contributed by atoms with Gasteiger partial charge in [0.15, 0.2) is 0 Å². The molecule has 0 aromatic heterocycles. The van der Waals surface area contributed by atoms with Crippen LogP contribution >= 0.6 is 0 Å². The van der Waals surface area contributed by atoms with Crippen molar-refractivity contribution in [3.63, 3.8) is 0 Å². The number of hydrogen-bond donors (Lipinski definition) is 1. The van der Waals surface area contributed by atoms with E-state index in [2.05, 4.69) is 5.32 Å². The molecule has 114 valence electrons. The lowest BCUT2D eigenvalue weighted by Crippen LogP contribution is -2.49. The Labute approximate surface area is 118 Å². The van der Waals surface area contributed by atoms with Crippen LogP contribution in [0.4, 0.5) is 13.2 Å². The normalized spacial score (nSPS) is 14.3. The van der Waals surface area contributed by atoms with Crippen LogP contribution in [0, 0.1) is 0 Å². The summed E-state index contributed by atoms with van der Waals surface area (Å²) < 4.78 is 43.6. The van der Waals surface area contributed by atoms with Gasteiger partial charge in [0.05, 0.1) is 11.2 Å². The number of benzene rings is 1. The molecule has 1 aromatic rings. The number of nitrogens with one attached hydrogen (secondary N) is 1. The van der Waals surface area contributed by atoms with Gasteiger partial charge in [0.25, 0.3) is 0 Å². The van der Waals surface area contributed by atoms with Crippen LogP contribution in [0.3, 0.4) is 0 Å². The first-order chi connectivity index (χ1) is 9.20. The Bertz CT molecular complexity index is 429. The molecule has 1 N–H and O–H groups in total. The van der Waals surface area contributed by atoms with Crippen molar-refractivity contribution in [3.05, 3.63) is 35.4 Å². The highest BCUT2D eigenvalue weighted by Crippen LogP contribution is 2.30. The lowest BCUT2D eigenvalue weighted by molar-refractivity contribution is -0.137. The second-order valence-corrected chi connectivity index (χ2v) is 5.32. The summed E-state index contributed by atoms with van der Waals surface area (Å²) in [6.45, 7) is 6.54. The molecule has 1 rings (SSSR count). The van der Waals surface area contributed by atoms with E-state index in [9.17, 15) is 13.2 Å². The van der Waals surface area contributed by atoms with Crippen LogP contribution in [0.5, 0.6) is 0 Å². The van der Waals surface area contributed by atoms with E-state index in [4.69, 9.17) is 4.74 Å². The first-order valence-corrected chi connectivity index (χ1v) is 6.65. The smallest absolute Gasteiger partial charge is 0.377 e. The maximum Gasteiger partial charge on any atom is 0.416 e. The molecule has 1 atom stereocenters. The van der Waals surface area contributed by atoms with E-state index in [0.717, 1.165) is 12.6 Å². The third kappa shape index (κ3) is 4.49. The minimum atomic E-state index is -4.31. The summed E-state index contributed by atoms with van der Waals surface area (Å²) in [5, 5.41) is 3.27. The molecule has 0 saturated heterocycles. The molecule has 2 nitrogen and oxygen atoms in total. The average molecular weight is 289 g/mol. The number of rotatable bonds is 6. The van der Waals surface area contributed by atoms with Gasteiger partial charge in [-0.3, -0.25) is 0 Å². The second-order valence-electron chi connectivity index (χ2n) is 5.32. The molecule has 0 bridgehead atoms. The van der Waals surface area contributed by atoms with Crippen LogP contribution in [0.25, 0.3) is 0 Å². The molecule has 0 aliphatic carbocycles. The van der Waals surface area contributed by atoms with Crippen LogP contribution in [0.1, 0.15) is 31.9 Å². The van der Waals surface area contributed by atoms with Crippen molar-refractivity contribution >= 4 is 0 Å². The van der Waals surface area contributed by atoms with Gasteiger partial charge in [-0.05, 0) is 38.4 Å². The van der Waals surface area contributed by atoms with Crippen LogP contribution in [0.15, 0.2) is 24.3 Å². The number of ether oxygens (including phenoxy) is 1. The van der Waals surface area contributed by atoms with Gasteiger partial charge in [-0.2, -0.15) is 13.2 Å². The summed E-state index contributed by atoms with van der Waals surface area (Å²) in [5.74, 6) is 0. The summed E-state index contributed by atoms with van der Waals surface area (Å²) in [4.78, 5) is 0. The molecule has 1 aromatic carbocycles. The fourth-order valence-electron chi connectivity index (χ4n) is 2.06. The van der Waals surface area contributed by atoms with Gasteiger partial charge in [-0.1, -0.05) is 25.1 Å². The van der Waals surface area contributed by atoms with Crippen molar-refractivity contribution in [2.75, 3.05) is 13.7 Å². The molecule has 20 heavy (non-hydrogen) atoms. The summed E-state index contributed by atoms with van der Waals surface area (Å²) in [6, 6.07) is 5.40. The van der Waals surface area contributed by atoms with Crippen molar-refractivity contribution in [3.8, 4) is 0 Å². The summed E-state index contributed by atoms with van der Waals surface area (Å²) in [7, 11) is 1.61. The van der Waals surface area contributed by atoms with E-state index in [1.165, 1.54) is 12.1 Å². The van der Waals surface area contributed by atoms with E-state index in [-0.39, 0.29) is 6.04 Å². The number of likely N-dealkylation sites (N-methyl/N-ethyl adjacent to an activating group) is 1. The van der Waals surface area contributed by atoms with Gasteiger partial charge >= 0.3 is 6.18 Å². The zero-order valence-electron chi connectivity index (χ0n) is 12.3. The molecule has 0 radical (unpaired) electrons. The van der Waals surface area contributed by atoms with E-state index in [1.54, 1.807) is 13.2 Å². The average Bonchev–Trinajstić information content (AvgIpc) is 2.37. The van der Waals surface area contributed by atoms with Crippen molar-refractivity contribution in [2.45, 2.75) is 45.0 Å². The lowest BCUT2D eigenvalue weighted by Gasteiger charge is -2.34. The van der Waals surface area contributed by atoms with Crippen molar-refractivity contribution in [1.82, 2.24) is 5.32 Å². The Morgan fingerprint density at radius 1 is 1.25 bits per heavy atom. The Balaban J connectivity index is 2.95. The van der Waals surface area contributed by atoms with E-state index >= 15 is 0 Å². The van der Waals surface area contributed by atoms with Gasteiger partial charge < -0.3 is 10.1 Å². The highest BCUT2D eigenvalue weighted by Gasteiger charge is 2.32. The third-order valence-electron chi connectivity index (χ3n) is 3.51. The quantitative estimate of drug-likeness (QED) is 0.863. The van der Waals surface area contributed by atoms with E-state index < -0.39 is 17.3 Å². The maximum atomic E-state index is 12.7. The minimum absolute atomic E-state index is 0.0546. The second kappa shape index (κ2) is 6.59. The Hall–Kier alpha value is -1.07. The first-order valence-electron chi connectivity index (χ1n) is 6.65. The first kappa shape index (κ1) is 17.0. The number of methoxy groups -OCH3 is 1. The molecule has 5 heteroatoms. The highest BCUT2D eigenvalue weighted by atomic mass is 19.4. The Kier molecular flexibility index (Phi) is 5.59. The van der Waals surface area contributed by atoms with Crippen LogP contribution in [0.2, 0.25) is 0 Å². The molecule has 0 aliphatic rings. The molecule has 0 saturated carbocycles. The fraction of sp³-hybridized carbons (Fsp3) is 0.600. The summed E-state index contributed by atoms with van der Waals surface area (Å²) in [5.41, 5.74) is -0.416. The molecule has 0 spiro atoms. The van der Waals surface area contributed by atoms with Gasteiger partial charge in [0, 0.05) is 13.2 Å². The fourth-order valence-corrected chi connectivity index (χ4v) is 2.06. The van der Waals surface area contributed by atoms with E-state index in [1.807, 2.05) is 20.8 Å². The minimum Gasteiger partial charge on any atom is -0.377 e. The van der Waals surface area contributed by atoms with Crippen LogP contribution in [-0.2, 0) is 17.3 Å². The molecular formula is C15H22F3NO. The van der Waals surface area contributed by atoms with E-state index in [0.29, 0.717) is 12.0 Å². The van der Waals surface area contributed by atoms with Gasteiger partial charge in [-0.15, -0.1) is 0 Å². The number of alkyl halides is 3. The van der Waals surface area contributed by atoms with Gasteiger partial charge in [-0.25, -0.2) is 0 Å². The summed E-state index contributed by atoms with van der Waals surface area (Å²) >= 11 is 0. The molecule has 0 heterocycles. The van der Waals surface area contributed by atoms with Gasteiger partial charge in [0.1, 0.15) is 0 Å². The number of hydrogen-bond acceptors (Lipinski definition) is 2. The largest absolute Gasteiger partial charge is 0.416 e. The molecule has 1 unspecified atom stereocenters. The van der Waals surface area contributed by atoms with Crippen molar-refractivity contribution in [1.29, 1.82) is 0 Å². The van der Waals surface area contributed by atoms with Crippen molar-refractivity contribution in [2.24, 2.45) is 0 Å². The molecular weight excluding hydrogens is 267 g/mol.